The lowest BCUT2D eigenvalue weighted by Gasteiger charge is -2.19. The minimum atomic E-state index is 0.0759. The molecule has 20 heavy (non-hydrogen) atoms. The fourth-order valence-electron chi connectivity index (χ4n) is 2.37. The molecule has 0 heterocycles. The molecule has 1 unspecified atom stereocenters. The molecule has 0 spiro atoms. The molecule has 1 rings (SSSR count). The van der Waals surface area contributed by atoms with Gasteiger partial charge in [-0.05, 0) is 49.4 Å². The van der Waals surface area contributed by atoms with Gasteiger partial charge >= 0.3 is 0 Å². The van der Waals surface area contributed by atoms with Crippen molar-refractivity contribution < 1.29 is 9.53 Å². The number of methoxy groups -OCH3 is 1. The number of benzene rings is 1. The molecular weight excluding hydrogens is 274 g/mol. The van der Waals surface area contributed by atoms with Gasteiger partial charge in [0.05, 0.1) is 12.7 Å². The Morgan fingerprint density at radius 2 is 2.05 bits per heavy atom. The monoisotopic (exact) mass is 297 g/mol. The maximum absolute atomic E-state index is 12.3. The Morgan fingerprint density at radius 3 is 2.60 bits per heavy atom. The Morgan fingerprint density at radius 1 is 1.35 bits per heavy atom. The van der Waals surface area contributed by atoms with Gasteiger partial charge in [0.15, 0.2) is 5.78 Å². The van der Waals surface area contributed by atoms with Crippen molar-refractivity contribution in [2.75, 3.05) is 13.7 Å². The van der Waals surface area contributed by atoms with Crippen molar-refractivity contribution in [3.8, 4) is 5.75 Å². The van der Waals surface area contributed by atoms with Crippen molar-refractivity contribution in [1.82, 2.24) is 0 Å². The van der Waals surface area contributed by atoms with Crippen LogP contribution in [-0.2, 0) is 0 Å². The molecule has 0 fully saturated rings. The third-order valence-corrected chi connectivity index (χ3v) is 3.92. The Balaban J connectivity index is 2.73. The zero-order valence-electron chi connectivity index (χ0n) is 12.5. The van der Waals surface area contributed by atoms with Crippen molar-refractivity contribution in [3.63, 3.8) is 0 Å². The quantitative estimate of drug-likeness (QED) is 0.740. The minimum Gasteiger partial charge on any atom is -0.496 e. The second-order valence-electron chi connectivity index (χ2n) is 5.39. The number of Topliss-reactive ketones (excluding diaryl/α,β-unsaturated/α-hetero) is 1. The molecule has 0 aliphatic heterocycles. The molecule has 1 aromatic carbocycles. The third-order valence-electron chi connectivity index (χ3n) is 3.68. The highest BCUT2D eigenvalue weighted by Crippen LogP contribution is 2.26. The number of rotatable bonds is 8. The molecule has 4 heteroatoms. The van der Waals surface area contributed by atoms with Crippen LogP contribution >= 0.6 is 11.6 Å². The number of nitrogens with two attached hydrogens (primary N) is 1. The van der Waals surface area contributed by atoms with E-state index in [4.69, 9.17) is 22.1 Å². The van der Waals surface area contributed by atoms with E-state index in [1.807, 2.05) is 0 Å². The lowest BCUT2D eigenvalue weighted by molar-refractivity contribution is 0.0966. The number of hydrogen-bond donors (Lipinski definition) is 1. The van der Waals surface area contributed by atoms with Crippen LogP contribution in [0.25, 0.3) is 0 Å². The van der Waals surface area contributed by atoms with Crippen molar-refractivity contribution in [1.29, 1.82) is 0 Å². The molecule has 0 saturated carbocycles. The van der Waals surface area contributed by atoms with Gasteiger partial charge in [0.1, 0.15) is 5.75 Å². The van der Waals surface area contributed by atoms with Crippen LogP contribution in [0.4, 0.5) is 0 Å². The smallest absolute Gasteiger partial charge is 0.166 e. The van der Waals surface area contributed by atoms with Gasteiger partial charge in [-0.3, -0.25) is 4.79 Å². The van der Waals surface area contributed by atoms with E-state index in [0.717, 1.165) is 12.8 Å². The Hall–Kier alpha value is -1.06. The molecule has 0 bridgehead atoms. The Kier molecular flexibility index (Phi) is 7.03. The van der Waals surface area contributed by atoms with Crippen molar-refractivity contribution in [2.45, 2.75) is 33.1 Å². The maximum Gasteiger partial charge on any atom is 0.166 e. The van der Waals surface area contributed by atoms with Gasteiger partial charge in [-0.15, -0.1) is 0 Å². The van der Waals surface area contributed by atoms with Gasteiger partial charge in [-0.2, -0.15) is 0 Å². The van der Waals surface area contributed by atoms with E-state index in [9.17, 15) is 4.79 Å². The van der Waals surface area contributed by atoms with Crippen LogP contribution in [0.15, 0.2) is 18.2 Å². The molecule has 0 aliphatic carbocycles. The van der Waals surface area contributed by atoms with Crippen LogP contribution in [-0.4, -0.2) is 19.4 Å². The van der Waals surface area contributed by atoms with E-state index < -0.39 is 0 Å². The largest absolute Gasteiger partial charge is 0.496 e. The molecule has 112 valence electrons. The van der Waals surface area contributed by atoms with Gasteiger partial charge < -0.3 is 10.5 Å². The highest BCUT2D eigenvalue weighted by molar-refractivity contribution is 6.31. The number of halogens is 1. The van der Waals surface area contributed by atoms with Gasteiger partial charge in [-0.25, -0.2) is 0 Å². The molecule has 0 aromatic heterocycles. The summed E-state index contributed by atoms with van der Waals surface area (Å²) in [5, 5.41) is 0.552. The minimum absolute atomic E-state index is 0.0759. The highest BCUT2D eigenvalue weighted by Gasteiger charge is 2.17. The summed E-state index contributed by atoms with van der Waals surface area (Å²) < 4.78 is 5.22. The molecular formula is C16H24ClNO2. The van der Waals surface area contributed by atoms with E-state index >= 15 is 0 Å². The lowest BCUT2D eigenvalue weighted by atomic mass is 9.87. The molecule has 0 radical (unpaired) electrons. The normalized spacial score (nSPS) is 12.5. The van der Waals surface area contributed by atoms with Gasteiger partial charge in [0.2, 0.25) is 0 Å². The molecule has 1 aromatic rings. The average Bonchev–Trinajstić information content (AvgIpc) is 2.42. The zero-order valence-corrected chi connectivity index (χ0v) is 13.2. The second-order valence-corrected chi connectivity index (χ2v) is 5.82. The number of carbonyl (C=O) groups is 1. The Labute approximate surface area is 126 Å². The van der Waals surface area contributed by atoms with Crippen molar-refractivity contribution >= 4 is 17.4 Å². The van der Waals surface area contributed by atoms with E-state index in [-0.39, 0.29) is 5.78 Å². The predicted molar refractivity (Wildman–Crippen MR) is 83.6 cm³/mol. The fourth-order valence-corrected chi connectivity index (χ4v) is 2.55. The van der Waals surface area contributed by atoms with Crippen molar-refractivity contribution in [3.05, 3.63) is 28.8 Å². The summed E-state index contributed by atoms with van der Waals surface area (Å²) in [5.74, 6) is 1.67. The summed E-state index contributed by atoms with van der Waals surface area (Å²) in [5.41, 5.74) is 6.19. The molecule has 2 N–H and O–H groups in total. The van der Waals surface area contributed by atoms with E-state index in [0.29, 0.717) is 41.1 Å². The van der Waals surface area contributed by atoms with Gasteiger partial charge in [0, 0.05) is 11.4 Å². The standard InChI is InChI=1S/C16H24ClNO2/c1-11(2)12(8-9-18)4-6-15(19)14-10-13(17)5-7-16(14)20-3/h5,7,10-12H,4,6,8-9,18H2,1-3H3. The predicted octanol–water partition coefficient (Wildman–Crippen LogP) is 3.93. The summed E-state index contributed by atoms with van der Waals surface area (Å²) in [4.78, 5) is 12.3. The van der Waals surface area contributed by atoms with Gasteiger partial charge in [-0.1, -0.05) is 25.4 Å². The van der Waals surface area contributed by atoms with Crippen LogP contribution in [0.3, 0.4) is 0 Å². The van der Waals surface area contributed by atoms with Crippen LogP contribution in [0.2, 0.25) is 5.02 Å². The number of ether oxygens (including phenoxy) is 1. The molecule has 3 nitrogen and oxygen atoms in total. The first-order valence-electron chi connectivity index (χ1n) is 7.06. The van der Waals surface area contributed by atoms with E-state index in [1.165, 1.54) is 0 Å². The molecule has 0 aliphatic rings. The summed E-state index contributed by atoms with van der Waals surface area (Å²) >= 11 is 5.96. The molecule has 0 amide bonds. The van der Waals surface area contributed by atoms with Crippen molar-refractivity contribution in [2.24, 2.45) is 17.6 Å². The molecule has 0 saturated heterocycles. The third kappa shape index (κ3) is 4.80. The maximum atomic E-state index is 12.3. The van der Waals surface area contributed by atoms with Crippen LogP contribution in [0.5, 0.6) is 5.75 Å². The zero-order chi connectivity index (χ0) is 15.1. The van der Waals surface area contributed by atoms with Crippen LogP contribution < -0.4 is 10.5 Å². The van der Waals surface area contributed by atoms with Crippen LogP contribution in [0.1, 0.15) is 43.5 Å². The summed E-state index contributed by atoms with van der Waals surface area (Å²) in [6, 6.07) is 5.13. The summed E-state index contributed by atoms with van der Waals surface area (Å²) in [7, 11) is 1.56. The number of ketones is 1. The second kappa shape index (κ2) is 8.28. The Bertz CT molecular complexity index is 446. The fraction of sp³-hybridized carbons (Fsp3) is 0.562. The summed E-state index contributed by atoms with van der Waals surface area (Å²) in [6.45, 7) is 5.01. The first-order valence-corrected chi connectivity index (χ1v) is 7.44. The average molecular weight is 298 g/mol. The first-order chi connectivity index (χ1) is 9.49. The number of carbonyl (C=O) groups excluding carboxylic acids is 1. The lowest BCUT2D eigenvalue weighted by Crippen LogP contribution is -2.16. The topological polar surface area (TPSA) is 52.3 Å². The summed E-state index contributed by atoms with van der Waals surface area (Å²) in [6.07, 6.45) is 2.31. The first kappa shape index (κ1) is 17.0. The number of hydrogen-bond acceptors (Lipinski definition) is 3. The van der Waals surface area contributed by atoms with E-state index in [2.05, 4.69) is 13.8 Å². The molecule has 1 atom stereocenters. The van der Waals surface area contributed by atoms with E-state index in [1.54, 1.807) is 25.3 Å². The highest BCUT2D eigenvalue weighted by atomic mass is 35.5. The SMILES string of the molecule is COc1ccc(Cl)cc1C(=O)CCC(CCN)C(C)C. The van der Waals surface area contributed by atoms with Gasteiger partial charge in [0.25, 0.3) is 0 Å². The van der Waals surface area contributed by atoms with Crippen LogP contribution in [0, 0.1) is 11.8 Å².